The fraction of sp³-hybridized carbons (Fsp3) is 0.125. The second-order valence-corrected chi connectivity index (χ2v) is 4.56. The fourth-order valence-electron chi connectivity index (χ4n) is 2.15. The summed E-state index contributed by atoms with van der Waals surface area (Å²) < 4.78 is 0. The normalized spacial score (nSPS) is 12.5. The first-order valence-electron chi connectivity index (χ1n) is 6.34. The van der Waals surface area contributed by atoms with E-state index in [-0.39, 0.29) is 6.04 Å². The lowest BCUT2D eigenvalue weighted by atomic mass is 10.1. The van der Waals surface area contributed by atoms with Crippen LogP contribution in [-0.4, -0.2) is 9.97 Å². The van der Waals surface area contributed by atoms with Crippen molar-refractivity contribution in [3.05, 3.63) is 72.2 Å². The number of nitrogens with zero attached hydrogens (tertiary/aromatic N) is 2. The largest absolute Gasteiger partial charge is 0.322 e. The third kappa shape index (κ3) is 2.61. The summed E-state index contributed by atoms with van der Waals surface area (Å²) in [4.78, 5) is 8.92. The maximum atomic E-state index is 6.17. The summed E-state index contributed by atoms with van der Waals surface area (Å²) in [5, 5.41) is 1.15. The molecule has 3 rings (SSSR count). The molecule has 1 unspecified atom stereocenters. The Morgan fingerprint density at radius 3 is 2.63 bits per heavy atom. The molecule has 2 N–H and O–H groups in total. The molecular weight excluding hydrogens is 234 g/mol. The number of aromatic nitrogens is 2. The van der Waals surface area contributed by atoms with Gasteiger partial charge in [-0.1, -0.05) is 30.3 Å². The molecule has 0 fully saturated rings. The van der Waals surface area contributed by atoms with Gasteiger partial charge in [-0.3, -0.25) is 9.97 Å². The van der Waals surface area contributed by atoms with Crippen molar-refractivity contribution in [3.63, 3.8) is 0 Å². The average Bonchev–Trinajstić information content (AvgIpc) is 2.48. The minimum atomic E-state index is -0.116. The molecule has 3 aromatic rings. The van der Waals surface area contributed by atoms with E-state index in [2.05, 4.69) is 22.1 Å². The topological polar surface area (TPSA) is 51.8 Å². The van der Waals surface area contributed by atoms with Crippen LogP contribution in [0.5, 0.6) is 0 Å². The van der Waals surface area contributed by atoms with E-state index >= 15 is 0 Å². The number of fused-ring (bicyclic) bond motifs is 1. The molecule has 94 valence electrons. The van der Waals surface area contributed by atoms with Gasteiger partial charge in [0.25, 0.3) is 0 Å². The van der Waals surface area contributed by atoms with Gasteiger partial charge in [-0.15, -0.1) is 0 Å². The van der Waals surface area contributed by atoms with Crippen LogP contribution in [0.3, 0.4) is 0 Å². The predicted molar refractivity (Wildman–Crippen MR) is 76.6 cm³/mol. The van der Waals surface area contributed by atoms with Crippen molar-refractivity contribution < 1.29 is 0 Å². The highest BCUT2D eigenvalue weighted by atomic mass is 14.8. The van der Waals surface area contributed by atoms with Crippen LogP contribution in [0.1, 0.15) is 17.4 Å². The van der Waals surface area contributed by atoms with Gasteiger partial charge in [0.05, 0.1) is 17.3 Å². The summed E-state index contributed by atoms with van der Waals surface area (Å²) in [5.74, 6) is 0. The van der Waals surface area contributed by atoms with Gasteiger partial charge in [0.15, 0.2) is 0 Å². The molecule has 0 saturated carbocycles. The number of nitrogens with two attached hydrogens (primary N) is 1. The van der Waals surface area contributed by atoms with Gasteiger partial charge in [0.1, 0.15) is 0 Å². The summed E-state index contributed by atoms with van der Waals surface area (Å²) in [6.45, 7) is 0. The number of hydrogen-bond acceptors (Lipinski definition) is 3. The van der Waals surface area contributed by atoms with Gasteiger partial charge in [-0.05, 0) is 24.3 Å². The lowest BCUT2D eigenvalue weighted by Crippen LogP contribution is -2.15. The van der Waals surface area contributed by atoms with Crippen molar-refractivity contribution in [2.75, 3.05) is 0 Å². The van der Waals surface area contributed by atoms with Crippen LogP contribution < -0.4 is 5.73 Å². The standard InChI is InChI=1S/C16H15N3/c17-14(16-7-3-4-10-18-16)11-13-9-8-12-5-1-2-6-15(12)19-13/h1-10,14H,11,17H2. The number of benzene rings is 1. The number of pyridine rings is 2. The first kappa shape index (κ1) is 11.8. The highest BCUT2D eigenvalue weighted by Gasteiger charge is 2.09. The Hall–Kier alpha value is -2.26. The maximum Gasteiger partial charge on any atom is 0.0705 e. The van der Waals surface area contributed by atoms with E-state index in [1.54, 1.807) is 6.20 Å². The summed E-state index contributed by atoms with van der Waals surface area (Å²) in [6.07, 6.45) is 2.46. The fourth-order valence-corrected chi connectivity index (χ4v) is 2.15. The Balaban J connectivity index is 1.85. The van der Waals surface area contributed by atoms with Crippen molar-refractivity contribution in [3.8, 4) is 0 Å². The van der Waals surface area contributed by atoms with Crippen LogP contribution >= 0.6 is 0 Å². The third-order valence-electron chi connectivity index (χ3n) is 3.15. The third-order valence-corrected chi connectivity index (χ3v) is 3.15. The smallest absolute Gasteiger partial charge is 0.0705 e. The molecule has 0 spiro atoms. The summed E-state index contributed by atoms with van der Waals surface area (Å²) in [7, 11) is 0. The highest BCUT2D eigenvalue weighted by Crippen LogP contribution is 2.16. The molecular formula is C16H15N3. The second-order valence-electron chi connectivity index (χ2n) is 4.56. The van der Waals surface area contributed by atoms with Crippen molar-refractivity contribution in [1.29, 1.82) is 0 Å². The van der Waals surface area contributed by atoms with Gasteiger partial charge in [0, 0.05) is 23.7 Å². The molecule has 1 aromatic carbocycles. The van der Waals surface area contributed by atoms with Crippen LogP contribution in [0.25, 0.3) is 10.9 Å². The van der Waals surface area contributed by atoms with E-state index < -0.39 is 0 Å². The van der Waals surface area contributed by atoms with Gasteiger partial charge in [-0.2, -0.15) is 0 Å². The van der Waals surface area contributed by atoms with Crippen LogP contribution in [0.4, 0.5) is 0 Å². The maximum absolute atomic E-state index is 6.17. The number of rotatable bonds is 3. The Morgan fingerprint density at radius 1 is 0.947 bits per heavy atom. The van der Waals surface area contributed by atoms with E-state index in [1.807, 2.05) is 42.5 Å². The highest BCUT2D eigenvalue weighted by molar-refractivity contribution is 5.78. The monoisotopic (exact) mass is 249 g/mol. The zero-order valence-corrected chi connectivity index (χ0v) is 10.5. The van der Waals surface area contributed by atoms with Crippen molar-refractivity contribution in [1.82, 2.24) is 9.97 Å². The van der Waals surface area contributed by atoms with Crippen LogP contribution in [0.2, 0.25) is 0 Å². The predicted octanol–water partition coefficient (Wildman–Crippen LogP) is 2.87. The first-order valence-corrected chi connectivity index (χ1v) is 6.34. The molecule has 0 bridgehead atoms. The van der Waals surface area contributed by atoms with Crippen LogP contribution in [0, 0.1) is 0 Å². The average molecular weight is 249 g/mol. The minimum Gasteiger partial charge on any atom is -0.322 e. The Labute approximate surface area is 112 Å². The second kappa shape index (κ2) is 5.16. The number of para-hydroxylation sites is 1. The van der Waals surface area contributed by atoms with E-state index in [0.717, 1.165) is 22.3 Å². The van der Waals surface area contributed by atoms with E-state index in [4.69, 9.17) is 5.73 Å². The van der Waals surface area contributed by atoms with Gasteiger partial charge in [0.2, 0.25) is 0 Å². The zero-order chi connectivity index (χ0) is 13.1. The van der Waals surface area contributed by atoms with E-state index in [9.17, 15) is 0 Å². The lowest BCUT2D eigenvalue weighted by molar-refractivity contribution is 0.685. The molecule has 0 amide bonds. The zero-order valence-electron chi connectivity index (χ0n) is 10.5. The van der Waals surface area contributed by atoms with Crippen molar-refractivity contribution >= 4 is 10.9 Å². The minimum absolute atomic E-state index is 0.116. The summed E-state index contributed by atoms with van der Waals surface area (Å²) in [6, 6.07) is 17.9. The molecule has 19 heavy (non-hydrogen) atoms. The summed E-state index contributed by atoms with van der Waals surface area (Å²) in [5.41, 5.74) is 9.07. The molecule has 2 heterocycles. The first-order chi connectivity index (χ1) is 9.33. The van der Waals surface area contributed by atoms with Crippen LogP contribution in [-0.2, 0) is 6.42 Å². The Bertz CT molecular complexity index is 680. The van der Waals surface area contributed by atoms with Crippen molar-refractivity contribution in [2.45, 2.75) is 12.5 Å². The van der Waals surface area contributed by atoms with E-state index in [0.29, 0.717) is 6.42 Å². The Kier molecular flexibility index (Phi) is 3.21. The molecule has 2 aromatic heterocycles. The molecule has 0 saturated heterocycles. The van der Waals surface area contributed by atoms with Gasteiger partial charge >= 0.3 is 0 Å². The molecule has 0 aliphatic carbocycles. The van der Waals surface area contributed by atoms with Gasteiger partial charge < -0.3 is 5.73 Å². The molecule has 3 nitrogen and oxygen atoms in total. The quantitative estimate of drug-likeness (QED) is 0.776. The van der Waals surface area contributed by atoms with Crippen molar-refractivity contribution in [2.24, 2.45) is 5.73 Å². The van der Waals surface area contributed by atoms with Crippen LogP contribution in [0.15, 0.2) is 60.8 Å². The molecule has 3 heteroatoms. The molecule has 1 atom stereocenters. The summed E-state index contributed by atoms with van der Waals surface area (Å²) >= 11 is 0. The lowest BCUT2D eigenvalue weighted by Gasteiger charge is -2.10. The SMILES string of the molecule is NC(Cc1ccc2ccccc2n1)c1ccccn1. The molecule has 0 aliphatic rings. The van der Waals surface area contributed by atoms with E-state index in [1.165, 1.54) is 0 Å². The molecule has 0 aliphatic heterocycles. The van der Waals surface area contributed by atoms with Gasteiger partial charge in [-0.25, -0.2) is 0 Å². The Morgan fingerprint density at radius 2 is 1.79 bits per heavy atom. The number of hydrogen-bond donors (Lipinski definition) is 1. The molecule has 0 radical (unpaired) electrons.